The Balaban J connectivity index is 2.95. The second-order valence-corrected chi connectivity index (χ2v) is 2.85. The summed E-state index contributed by atoms with van der Waals surface area (Å²) in [4.78, 5) is 14.8. The first-order chi connectivity index (χ1) is 5.61. The number of rotatable bonds is 2. The Labute approximate surface area is 71.6 Å². The molecule has 0 spiro atoms. The van der Waals surface area contributed by atoms with E-state index < -0.39 is 0 Å². The van der Waals surface area contributed by atoms with E-state index in [1.807, 2.05) is 19.1 Å². The molecule has 1 heterocycles. The number of carbonyl (C=O) groups excluding carboxylic acids is 1. The topological polar surface area (TPSA) is 56.0 Å². The molecule has 1 aromatic rings. The fraction of sp³-hybridized carbons (Fsp3) is 0.333. The SMILES string of the molecule is Cc1cc(C(C)C(N)=O)ccn1. The summed E-state index contributed by atoms with van der Waals surface area (Å²) >= 11 is 0. The van der Waals surface area contributed by atoms with E-state index in [2.05, 4.69) is 4.98 Å². The third-order valence-corrected chi connectivity index (χ3v) is 1.85. The van der Waals surface area contributed by atoms with Gasteiger partial charge < -0.3 is 5.73 Å². The van der Waals surface area contributed by atoms with Crippen LogP contribution in [0.25, 0.3) is 0 Å². The molecule has 3 heteroatoms. The molecule has 12 heavy (non-hydrogen) atoms. The van der Waals surface area contributed by atoms with E-state index in [-0.39, 0.29) is 11.8 Å². The summed E-state index contributed by atoms with van der Waals surface area (Å²) in [6.45, 7) is 3.67. The van der Waals surface area contributed by atoms with Gasteiger partial charge in [0.05, 0.1) is 5.92 Å². The molecule has 0 aromatic carbocycles. The van der Waals surface area contributed by atoms with Crippen molar-refractivity contribution in [2.24, 2.45) is 5.73 Å². The van der Waals surface area contributed by atoms with E-state index in [0.29, 0.717) is 0 Å². The highest BCUT2D eigenvalue weighted by atomic mass is 16.1. The maximum absolute atomic E-state index is 10.8. The highest BCUT2D eigenvalue weighted by Gasteiger charge is 2.10. The minimum absolute atomic E-state index is 0.230. The third-order valence-electron chi connectivity index (χ3n) is 1.85. The van der Waals surface area contributed by atoms with E-state index in [9.17, 15) is 4.79 Å². The van der Waals surface area contributed by atoms with Crippen LogP contribution in [0.15, 0.2) is 18.3 Å². The Kier molecular flexibility index (Phi) is 2.43. The average molecular weight is 164 g/mol. The molecule has 0 saturated heterocycles. The first-order valence-corrected chi connectivity index (χ1v) is 3.83. The largest absolute Gasteiger partial charge is 0.369 e. The third kappa shape index (κ3) is 1.81. The molecule has 0 fully saturated rings. The number of hydrogen-bond donors (Lipinski definition) is 1. The van der Waals surface area contributed by atoms with E-state index in [1.165, 1.54) is 0 Å². The van der Waals surface area contributed by atoms with Gasteiger partial charge in [0, 0.05) is 11.9 Å². The molecule has 1 rings (SSSR count). The van der Waals surface area contributed by atoms with Crippen LogP contribution in [0.5, 0.6) is 0 Å². The summed E-state index contributed by atoms with van der Waals surface area (Å²) in [5, 5.41) is 0. The molecule has 1 atom stereocenters. The molecule has 1 unspecified atom stereocenters. The minimum atomic E-state index is -0.305. The lowest BCUT2D eigenvalue weighted by molar-refractivity contribution is -0.119. The average Bonchev–Trinajstić information content (AvgIpc) is 2.03. The maximum Gasteiger partial charge on any atom is 0.224 e. The quantitative estimate of drug-likeness (QED) is 0.708. The van der Waals surface area contributed by atoms with Gasteiger partial charge in [-0.15, -0.1) is 0 Å². The summed E-state index contributed by atoms with van der Waals surface area (Å²) in [6.07, 6.45) is 1.68. The van der Waals surface area contributed by atoms with Crippen molar-refractivity contribution in [2.45, 2.75) is 19.8 Å². The van der Waals surface area contributed by atoms with Crippen LogP contribution in [-0.4, -0.2) is 10.9 Å². The molecule has 0 radical (unpaired) electrons. The van der Waals surface area contributed by atoms with Crippen LogP contribution < -0.4 is 5.73 Å². The minimum Gasteiger partial charge on any atom is -0.369 e. The lowest BCUT2D eigenvalue weighted by Gasteiger charge is -2.06. The molecule has 64 valence electrons. The standard InChI is InChI=1S/C9H12N2O/c1-6-5-8(3-4-11-6)7(2)9(10)12/h3-5,7H,1-2H3,(H2,10,12). The summed E-state index contributed by atoms with van der Waals surface area (Å²) in [6, 6.07) is 3.68. The highest BCUT2D eigenvalue weighted by Crippen LogP contribution is 2.13. The second kappa shape index (κ2) is 3.34. The molecule has 0 aliphatic rings. The van der Waals surface area contributed by atoms with Gasteiger partial charge >= 0.3 is 0 Å². The number of nitrogens with two attached hydrogens (primary N) is 1. The lowest BCUT2D eigenvalue weighted by atomic mass is 10.0. The Morgan fingerprint density at radius 2 is 2.33 bits per heavy atom. The zero-order valence-electron chi connectivity index (χ0n) is 7.24. The van der Waals surface area contributed by atoms with Crippen LogP contribution in [0, 0.1) is 6.92 Å². The number of aromatic nitrogens is 1. The molecule has 1 amide bonds. The van der Waals surface area contributed by atoms with Crippen molar-refractivity contribution in [3.8, 4) is 0 Å². The first kappa shape index (κ1) is 8.71. The van der Waals surface area contributed by atoms with Gasteiger partial charge in [0.25, 0.3) is 0 Å². The Hall–Kier alpha value is -1.38. The Morgan fingerprint density at radius 1 is 1.67 bits per heavy atom. The first-order valence-electron chi connectivity index (χ1n) is 3.83. The smallest absolute Gasteiger partial charge is 0.224 e. The molecule has 3 nitrogen and oxygen atoms in total. The van der Waals surface area contributed by atoms with Crippen LogP contribution >= 0.6 is 0 Å². The van der Waals surface area contributed by atoms with Crippen molar-refractivity contribution >= 4 is 5.91 Å². The van der Waals surface area contributed by atoms with Gasteiger partial charge in [0.1, 0.15) is 0 Å². The lowest BCUT2D eigenvalue weighted by Crippen LogP contribution is -2.18. The number of amides is 1. The molecule has 0 aliphatic carbocycles. The number of hydrogen-bond acceptors (Lipinski definition) is 2. The van der Waals surface area contributed by atoms with Crippen LogP contribution in [0.2, 0.25) is 0 Å². The van der Waals surface area contributed by atoms with E-state index >= 15 is 0 Å². The second-order valence-electron chi connectivity index (χ2n) is 2.85. The maximum atomic E-state index is 10.8. The number of primary amides is 1. The van der Waals surface area contributed by atoms with Crippen LogP contribution in [0.3, 0.4) is 0 Å². The molecule has 1 aromatic heterocycles. The van der Waals surface area contributed by atoms with Crippen LogP contribution in [-0.2, 0) is 4.79 Å². The molecule has 0 aliphatic heterocycles. The molecule has 0 saturated carbocycles. The molecular weight excluding hydrogens is 152 g/mol. The van der Waals surface area contributed by atoms with E-state index in [1.54, 1.807) is 13.1 Å². The number of carbonyl (C=O) groups is 1. The normalized spacial score (nSPS) is 12.5. The predicted molar refractivity (Wildman–Crippen MR) is 46.6 cm³/mol. The van der Waals surface area contributed by atoms with E-state index in [0.717, 1.165) is 11.3 Å². The molecule has 2 N–H and O–H groups in total. The molecular formula is C9H12N2O. The van der Waals surface area contributed by atoms with Gasteiger partial charge in [0.15, 0.2) is 0 Å². The van der Waals surface area contributed by atoms with Gasteiger partial charge in [0.2, 0.25) is 5.91 Å². The summed E-state index contributed by atoms with van der Waals surface area (Å²) in [7, 11) is 0. The van der Waals surface area contributed by atoms with Gasteiger partial charge in [-0.05, 0) is 31.5 Å². The predicted octanol–water partition coefficient (Wildman–Crippen LogP) is 0.979. The van der Waals surface area contributed by atoms with E-state index in [4.69, 9.17) is 5.73 Å². The van der Waals surface area contributed by atoms with Gasteiger partial charge in [-0.3, -0.25) is 9.78 Å². The monoisotopic (exact) mass is 164 g/mol. The number of pyridine rings is 1. The van der Waals surface area contributed by atoms with Gasteiger partial charge in [-0.2, -0.15) is 0 Å². The zero-order chi connectivity index (χ0) is 9.14. The van der Waals surface area contributed by atoms with Gasteiger partial charge in [-0.1, -0.05) is 0 Å². The van der Waals surface area contributed by atoms with Crippen molar-refractivity contribution in [2.75, 3.05) is 0 Å². The molecule has 0 bridgehead atoms. The summed E-state index contributed by atoms with van der Waals surface area (Å²) < 4.78 is 0. The number of aryl methyl sites for hydroxylation is 1. The van der Waals surface area contributed by atoms with Crippen molar-refractivity contribution in [3.05, 3.63) is 29.6 Å². The van der Waals surface area contributed by atoms with Crippen LogP contribution in [0.4, 0.5) is 0 Å². The van der Waals surface area contributed by atoms with Crippen molar-refractivity contribution in [1.82, 2.24) is 4.98 Å². The van der Waals surface area contributed by atoms with Crippen LogP contribution in [0.1, 0.15) is 24.1 Å². The van der Waals surface area contributed by atoms with Crippen molar-refractivity contribution in [1.29, 1.82) is 0 Å². The zero-order valence-corrected chi connectivity index (χ0v) is 7.24. The summed E-state index contributed by atoms with van der Waals surface area (Å²) in [5.74, 6) is -0.535. The van der Waals surface area contributed by atoms with Gasteiger partial charge in [-0.25, -0.2) is 0 Å². The number of nitrogens with zero attached hydrogens (tertiary/aromatic N) is 1. The fourth-order valence-corrected chi connectivity index (χ4v) is 1.00. The van der Waals surface area contributed by atoms with Crippen molar-refractivity contribution < 1.29 is 4.79 Å². The highest BCUT2D eigenvalue weighted by molar-refractivity contribution is 5.81. The van der Waals surface area contributed by atoms with Crippen molar-refractivity contribution in [3.63, 3.8) is 0 Å². The summed E-state index contributed by atoms with van der Waals surface area (Å²) in [5.41, 5.74) is 6.99. The Bertz CT molecular complexity index is 296. The fourth-order valence-electron chi connectivity index (χ4n) is 1.00. The Morgan fingerprint density at radius 3 is 2.83 bits per heavy atom.